The van der Waals surface area contributed by atoms with E-state index >= 15 is 0 Å². The topological polar surface area (TPSA) is 344 Å². The summed E-state index contributed by atoms with van der Waals surface area (Å²) < 4.78 is 49.4. The lowest BCUT2D eigenvalue weighted by molar-refractivity contribution is -0.299. The molecule has 49 heavy (non-hydrogen) atoms. The number of aliphatic hydroxyl groups excluding tert-OH is 7. The molecule has 0 aromatic carbocycles. The number of rotatable bonds is 14. The Morgan fingerprint density at radius 1 is 0.776 bits per heavy atom. The third-order valence-electron chi connectivity index (χ3n) is 9.82. The fourth-order valence-corrected chi connectivity index (χ4v) is 6.79. The summed E-state index contributed by atoms with van der Waals surface area (Å²) in [5, 5.41) is 74.0. The quantitative estimate of drug-likeness (QED) is 0.0795. The second-order valence-electron chi connectivity index (χ2n) is 13.3. The van der Waals surface area contributed by atoms with Crippen molar-refractivity contribution in [3.63, 3.8) is 0 Å². The van der Waals surface area contributed by atoms with Crippen LogP contribution in [0, 0.1) is 5.92 Å². The van der Waals surface area contributed by atoms with Crippen LogP contribution in [-0.2, 0) is 33.2 Å². The van der Waals surface area contributed by atoms with Gasteiger partial charge in [0.05, 0.1) is 37.0 Å². The normalized spacial score (nSPS) is 47.6. The second-order valence-corrected chi connectivity index (χ2v) is 13.3. The highest BCUT2D eigenvalue weighted by Crippen LogP contribution is 2.37. The van der Waals surface area contributed by atoms with Crippen molar-refractivity contribution < 1.29 is 73.4 Å². The van der Waals surface area contributed by atoms with Crippen LogP contribution in [0.4, 0.5) is 4.39 Å². The minimum absolute atomic E-state index is 0.0510. The molecule has 3 aliphatic heterocycles. The number of nitrogens with two attached hydrogens (primary N) is 5. The van der Waals surface area contributed by atoms with Gasteiger partial charge in [-0.3, -0.25) is 4.79 Å². The van der Waals surface area contributed by atoms with E-state index in [2.05, 4.69) is 0 Å². The summed E-state index contributed by atoms with van der Waals surface area (Å²) in [5.41, 5.74) is 30.1. The van der Waals surface area contributed by atoms with Crippen LogP contribution in [0.25, 0.3) is 0 Å². The van der Waals surface area contributed by atoms with Gasteiger partial charge in [-0.1, -0.05) is 6.92 Å². The smallest absolute Gasteiger partial charge is 0.187 e. The number of Topliss-reactive ketones (excluding diaryl/α,β-unsaturated/α-hetero) is 1. The first-order valence-corrected chi connectivity index (χ1v) is 16.6. The molecule has 4 aliphatic rings. The molecule has 1 saturated carbocycles. The number of alkyl halides is 1. The summed E-state index contributed by atoms with van der Waals surface area (Å²) in [7, 11) is 0. The van der Waals surface area contributed by atoms with E-state index in [0.29, 0.717) is 0 Å². The molecular weight excluding hydrogens is 661 g/mol. The second kappa shape index (κ2) is 17.6. The first-order valence-electron chi connectivity index (χ1n) is 16.6. The minimum Gasteiger partial charge on any atom is -0.394 e. The lowest BCUT2D eigenvalue weighted by atomic mass is 9.76. The number of ether oxygens (including phenoxy) is 6. The van der Waals surface area contributed by atoms with Crippen LogP contribution in [0.3, 0.4) is 0 Å². The van der Waals surface area contributed by atoms with Crippen molar-refractivity contribution in [2.75, 3.05) is 19.7 Å². The molecule has 20 heteroatoms. The van der Waals surface area contributed by atoms with Crippen LogP contribution >= 0.6 is 0 Å². The van der Waals surface area contributed by atoms with Gasteiger partial charge in [0, 0.05) is 25.6 Å². The maximum absolute atomic E-state index is 14.1. The molecule has 1 aliphatic carbocycles. The highest BCUT2D eigenvalue weighted by atomic mass is 19.1. The van der Waals surface area contributed by atoms with Crippen molar-refractivity contribution in [3.05, 3.63) is 0 Å². The van der Waals surface area contributed by atoms with Gasteiger partial charge in [-0.05, 0) is 25.2 Å². The van der Waals surface area contributed by atoms with Crippen LogP contribution in [0.5, 0.6) is 0 Å². The predicted molar refractivity (Wildman–Crippen MR) is 163 cm³/mol. The molecule has 286 valence electrons. The predicted octanol–water partition coefficient (Wildman–Crippen LogP) is -6.51. The molecule has 20 atom stereocenters. The summed E-state index contributed by atoms with van der Waals surface area (Å²) in [6.45, 7) is 0.501. The number of ketones is 1. The molecule has 0 radical (unpaired) electrons. The fourth-order valence-electron chi connectivity index (χ4n) is 6.79. The van der Waals surface area contributed by atoms with E-state index in [9.17, 15) is 44.9 Å². The van der Waals surface area contributed by atoms with E-state index in [1.807, 2.05) is 0 Å². The molecule has 0 amide bonds. The average Bonchev–Trinajstić information content (AvgIpc) is 3.38. The molecule has 0 spiro atoms. The average molecular weight is 716 g/mol. The summed E-state index contributed by atoms with van der Waals surface area (Å²) >= 11 is 0. The van der Waals surface area contributed by atoms with Crippen molar-refractivity contribution in [1.82, 2.24) is 0 Å². The Labute approximate surface area is 282 Å². The summed E-state index contributed by atoms with van der Waals surface area (Å²) in [6, 6.07) is -3.13. The molecule has 19 nitrogen and oxygen atoms in total. The molecule has 0 aromatic rings. The maximum atomic E-state index is 14.1. The minimum atomic E-state index is -1.93. The molecule has 4 fully saturated rings. The Bertz CT molecular complexity index is 1060. The van der Waals surface area contributed by atoms with Crippen molar-refractivity contribution in [2.45, 2.75) is 149 Å². The van der Waals surface area contributed by atoms with Gasteiger partial charge in [0.1, 0.15) is 61.1 Å². The summed E-state index contributed by atoms with van der Waals surface area (Å²) in [6.07, 6.45) is -22.9. The highest BCUT2D eigenvalue weighted by Gasteiger charge is 2.54. The first kappa shape index (κ1) is 40.6. The Hall–Kier alpha value is -1.12. The zero-order valence-electron chi connectivity index (χ0n) is 27.2. The molecule has 4 rings (SSSR count). The van der Waals surface area contributed by atoms with Gasteiger partial charge >= 0.3 is 0 Å². The Morgan fingerprint density at radius 3 is 1.98 bits per heavy atom. The van der Waals surface area contributed by atoms with E-state index in [1.165, 1.54) is 6.92 Å². The van der Waals surface area contributed by atoms with Gasteiger partial charge < -0.3 is 92.8 Å². The first-order chi connectivity index (χ1) is 23.2. The number of aliphatic hydroxyl groups is 7. The van der Waals surface area contributed by atoms with Crippen LogP contribution in [0.1, 0.15) is 32.6 Å². The lowest BCUT2D eigenvalue weighted by Gasteiger charge is -2.47. The number of carbonyl (C=O) groups is 1. The van der Waals surface area contributed by atoms with E-state index in [1.54, 1.807) is 0 Å². The number of hydrogen-bond donors (Lipinski definition) is 12. The third kappa shape index (κ3) is 8.92. The maximum Gasteiger partial charge on any atom is 0.187 e. The largest absolute Gasteiger partial charge is 0.394 e. The van der Waals surface area contributed by atoms with E-state index in [0.717, 1.165) is 0 Å². The number of halogens is 1. The molecule has 0 bridgehead atoms. The third-order valence-corrected chi connectivity index (χ3v) is 9.82. The van der Waals surface area contributed by atoms with Gasteiger partial charge in [0.2, 0.25) is 0 Å². The summed E-state index contributed by atoms with van der Waals surface area (Å²) in [5.74, 6) is -1.83. The van der Waals surface area contributed by atoms with E-state index in [4.69, 9.17) is 57.1 Å². The van der Waals surface area contributed by atoms with Crippen LogP contribution in [0.15, 0.2) is 0 Å². The van der Waals surface area contributed by atoms with Crippen molar-refractivity contribution in [3.8, 4) is 0 Å². The highest BCUT2D eigenvalue weighted by molar-refractivity contribution is 5.83. The van der Waals surface area contributed by atoms with Crippen LogP contribution in [-0.4, -0.2) is 178 Å². The molecule has 3 heterocycles. The lowest BCUT2D eigenvalue weighted by Crippen LogP contribution is -2.64. The Kier molecular flexibility index (Phi) is 14.6. The number of hydrogen-bond acceptors (Lipinski definition) is 19. The molecule has 0 aromatic heterocycles. The molecule has 3 saturated heterocycles. The van der Waals surface area contributed by atoms with Gasteiger partial charge in [0.25, 0.3) is 0 Å². The van der Waals surface area contributed by atoms with Crippen molar-refractivity contribution in [1.29, 1.82) is 0 Å². The molecular formula is C29H54FN5O14. The van der Waals surface area contributed by atoms with Crippen molar-refractivity contribution >= 4 is 5.78 Å². The fraction of sp³-hybridized carbons (Fsp3) is 0.966. The van der Waals surface area contributed by atoms with Gasteiger partial charge in [-0.25, -0.2) is 4.39 Å². The molecule has 0 unspecified atom stereocenters. The Morgan fingerprint density at radius 2 is 1.37 bits per heavy atom. The number of carbonyl (C=O) groups excluding carboxylic acids is 1. The zero-order valence-corrected chi connectivity index (χ0v) is 27.2. The van der Waals surface area contributed by atoms with Crippen molar-refractivity contribution in [2.24, 2.45) is 34.6 Å². The standard InChI is InChI=1S/C29H54FN5O14/c1-2-10(30)20(40)14(38)4-9-3-11(33)24(47-27-12(34)5-13(37)15(6-31)44-27)26(19(9)39)49-29-23(43)25(17(8-36)46-29)48-28-18(35)22(42)21(41)16(7-32)45-28/h9-13,15-29,36-37,39-43H,2-8,31-35H2,1H3/t9-,10+,11-,12+,13-,15+,16-,17+,18+,19-,20-,21+,22+,23+,24+,25+,26+,27+,28+,29-/m0/s1. The van der Waals surface area contributed by atoms with Crippen LogP contribution in [0.2, 0.25) is 0 Å². The Balaban J connectivity index is 1.56. The van der Waals surface area contributed by atoms with Gasteiger partial charge in [-0.15, -0.1) is 0 Å². The van der Waals surface area contributed by atoms with E-state index < -0.39 is 141 Å². The monoisotopic (exact) mass is 715 g/mol. The van der Waals surface area contributed by atoms with Gasteiger partial charge in [-0.2, -0.15) is 0 Å². The zero-order chi connectivity index (χ0) is 36.3. The van der Waals surface area contributed by atoms with Gasteiger partial charge in [0.15, 0.2) is 24.7 Å². The molecule has 17 N–H and O–H groups in total. The SMILES string of the molecule is CC[C@@H](F)[C@H](O)C(=O)C[C@@H]1C[C@H](N)[C@@H](O[C@H]2O[C@H](CN)[C@@H](O)C[C@H]2N)[C@H](O[C@@H]2O[C@H](CO)[C@@H](O[C@H]3O[C@@H](CN)[C@@H](O)[C@H](O)[C@H]3N)[C@H]2O)[C@H]1O. The van der Waals surface area contributed by atoms with E-state index in [-0.39, 0.29) is 32.4 Å². The summed E-state index contributed by atoms with van der Waals surface area (Å²) in [4.78, 5) is 12.8. The van der Waals surface area contributed by atoms with Crippen LogP contribution < -0.4 is 28.7 Å².